The number of fused-ring (bicyclic) bond motifs is 5. The lowest BCUT2D eigenvalue weighted by Gasteiger charge is -2.37. The average Bonchev–Trinajstić information content (AvgIpc) is 2.76. The minimum Gasteiger partial charge on any atom is -0.456 e. The quantitative estimate of drug-likeness (QED) is 0.705. The van der Waals surface area contributed by atoms with E-state index in [-0.39, 0.29) is 5.41 Å². The summed E-state index contributed by atoms with van der Waals surface area (Å²) in [5.41, 5.74) is 6.67. The van der Waals surface area contributed by atoms with E-state index in [4.69, 9.17) is 4.42 Å². The molecule has 2 N–H and O–H groups in total. The monoisotopic (exact) mass is 328 g/mol. The van der Waals surface area contributed by atoms with Crippen LogP contribution in [0.4, 0.5) is 5.69 Å². The molecule has 0 fully saturated rings. The molecular weight excluding hydrogens is 306 g/mol. The lowest BCUT2D eigenvalue weighted by molar-refractivity contribution is -0.529. The molecule has 0 saturated carbocycles. The van der Waals surface area contributed by atoms with Crippen LogP contribution in [0.1, 0.15) is 42.1 Å². The zero-order valence-corrected chi connectivity index (χ0v) is 14.6. The molecule has 2 nitrogen and oxygen atoms in total. The van der Waals surface area contributed by atoms with E-state index in [0.29, 0.717) is 5.92 Å². The highest BCUT2D eigenvalue weighted by Gasteiger charge is 2.42. The topological polar surface area (TPSA) is 29.8 Å². The number of quaternary nitrogens is 1. The lowest BCUT2D eigenvalue weighted by atomic mass is 9.69. The van der Waals surface area contributed by atoms with Gasteiger partial charge in [0, 0.05) is 28.2 Å². The van der Waals surface area contributed by atoms with Crippen molar-refractivity contribution in [3.63, 3.8) is 0 Å². The lowest BCUT2D eigenvalue weighted by Crippen LogP contribution is -2.80. The Morgan fingerprint density at radius 1 is 1.08 bits per heavy atom. The Hall–Kier alpha value is -2.58. The molecule has 2 heteroatoms. The third-order valence-electron chi connectivity index (χ3n) is 5.79. The molecule has 1 unspecified atom stereocenters. The number of rotatable bonds is 0. The van der Waals surface area contributed by atoms with E-state index >= 15 is 0 Å². The van der Waals surface area contributed by atoms with E-state index in [1.807, 2.05) is 0 Å². The molecule has 0 saturated heterocycles. The fraction of sp³-hybridized carbons (Fsp3) is 0.217. The molecule has 124 valence electrons. The Kier molecular flexibility index (Phi) is 3.07. The van der Waals surface area contributed by atoms with Gasteiger partial charge in [0.25, 0.3) is 0 Å². The third kappa shape index (κ3) is 2.14. The summed E-state index contributed by atoms with van der Waals surface area (Å²) in [6.07, 6.45) is 16.2. The zero-order chi connectivity index (χ0) is 17.0. The molecule has 2 aromatic rings. The van der Waals surface area contributed by atoms with Crippen LogP contribution in [0.15, 0.2) is 58.7 Å². The van der Waals surface area contributed by atoms with E-state index in [1.165, 1.54) is 28.1 Å². The first-order valence-electron chi connectivity index (χ1n) is 8.97. The summed E-state index contributed by atoms with van der Waals surface area (Å²) in [7, 11) is 0. The maximum absolute atomic E-state index is 6.22. The molecule has 2 heterocycles. The van der Waals surface area contributed by atoms with Crippen LogP contribution in [0.5, 0.6) is 0 Å². The standard InChI is InChI=1S/C23H21NO/c1-23(2)17-9-6-7-10-19(17)24-20-14-22-16(12-13-18(20)23)15-8-4-3-5-11-21(15)25-22/h3-7,9-14,18,24H,8H2,1-2H3/p+1. The van der Waals surface area contributed by atoms with Crippen molar-refractivity contribution < 1.29 is 9.73 Å². The number of hydrogen-bond acceptors (Lipinski definition) is 1. The molecule has 1 aromatic carbocycles. The number of nitrogens with two attached hydrogens (primary N) is 1. The number of furan rings is 1. The van der Waals surface area contributed by atoms with E-state index in [9.17, 15) is 0 Å². The van der Waals surface area contributed by atoms with Crippen molar-refractivity contribution >= 4 is 23.9 Å². The normalized spacial score (nSPS) is 22.2. The fourth-order valence-corrected chi connectivity index (χ4v) is 4.45. The maximum Gasteiger partial charge on any atom is 0.140 e. The van der Waals surface area contributed by atoms with Gasteiger partial charge < -0.3 is 4.42 Å². The molecule has 0 spiro atoms. The first kappa shape index (κ1) is 14.7. The van der Waals surface area contributed by atoms with Crippen molar-refractivity contribution in [2.45, 2.75) is 25.7 Å². The highest BCUT2D eigenvalue weighted by Crippen LogP contribution is 2.44. The number of benzene rings is 1. The van der Waals surface area contributed by atoms with Gasteiger partial charge in [-0.15, -0.1) is 0 Å². The Morgan fingerprint density at radius 3 is 2.88 bits per heavy atom. The molecular formula is C23H22NO+. The van der Waals surface area contributed by atoms with Crippen LogP contribution in [-0.2, 0) is 11.8 Å². The van der Waals surface area contributed by atoms with Gasteiger partial charge in [-0.05, 0) is 18.6 Å². The van der Waals surface area contributed by atoms with Gasteiger partial charge in [0.15, 0.2) is 0 Å². The molecule has 5 rings (SSSR count). The summed E-state index contributed by atoms with van der Waals surface area (Å²) >= 11 is 0. The molecule has 0 radical (unpaired) electrons. The fourth-order valence-electron chi connectivity index (χ4n) is 4.45. The molecule has 0 bridgehead atoms. The van der Waals surface area contributed by atoms with Crippen molar-refractivity contribution in [2.24, 2.45) is 5.92 Å². The second-order valence-electron chi connectivity index (χ2n) is 7.65. The van der Waals surface area contributed by atoms with E-state index in [2.05, 4.69) is 86.0 Å². The Balaban J connectivity index is 1.68. The van der Waals surface area contributed by atoms with E-state index < -0.39 is 0 Å². The van der Waals surface area contributed by atoms with Crippen molar-refractivity contribution in [1.82, 2.24) is 0 Å². The van der Waals surface area contributed by atoms with Crippen molar-refractivity contribution in [3.8, 4) is 0 Å². The summed E-state index contributed by atoms with van der Waals surface area (Å²) in [5.74, 6) is 2.34. The minimum absolute atomic E-state index is 0.0634. The predicted molar refractivity (Wildman–Crippen MR) is 102 cm³/mol. The van der Waals surface area contributed by atoms with E-state index in [1.54, 1.807) is 0 Å². The summed E-state index contributed by atoms with van der Waals surface area (Å²) in [6, 6.07) is 8.75. The van der Waals surface area contributed by atoms with Crippen LogP contribution < -0.4 is 5.32 Å². The molecule has 0 amide bonds. The summed E-state index contributed by atoms with van der Waals surface area (Å²) in [5, 5.41) is 2.33. The Bertz CT molecular complexity index is 982. The van der Waals surface area contributed by atoms with Gasteiger partial charge in [0.05, 0.1) is 5.92 Å². The zero-order valence-electron chi connectivity index (χ0n) is 14.6. The first-order chi connectivity index (χ1) is 12.1. The minimum atomic E-state index is 0.0634. The number of allylic oxidation sites excluding steroid dienone is 4. The highest BCUT2D eigenvalue weighted by atomic mass is 16.3. The van der Waals surface area contributed by atoms with Gasteiger partial charge in [-0.25, -0.2) is 0 Å². The summed E-state index contributed by atoms with van der Waals surface area (Å²) in [6.45, 7) is 4.70. The molecule has 1 aliphatic heterocycles. The molecule has 1 aromatic heterocycles. The van der Waals surface area contributed by atoms with Crippen molar-refractivity contribution in [2.75, 3.05) is 0 Å². The number of hydrogen-bond donors (Lipinski definition) is 1. The van der Waals surface area contributed by atoms with Crippen molar-refractivity contribution in [3.05, 3.63) is 82.5 Å². The Morgan fingerprint density at radius 2 is 1.96 bits per heavy atom. The highest BCUT2D eigenvalue weighted by molar-refractivity contribution is 5.73. The number of para-hydroxylation sites is 1. The van der Waals surface area contributed by atoms with Gasteiger partial charge in [-0.3, -0.25) is 5.32 Å². The van der Waals surface area contributed by atoms with Crippen LogP contribution in [0.25, 0.3) is 18.2 Å². The van der Waals surface area contributed by atoms with Crippen LogP contribution in [0.2, 0.25) is 0 Å². The summed E-state index contributed by atoms with van der Waals surface area (Å²) in [4.78, 5) is 0. The Labute approximate surface area is 148 Å². The van der Waals surface area contributed by atoms with Gasteiger partial charge in [-0.2, -0.15) is 0 Å². The van der Waals surface area contributed by atoms with Crippen LogP contribution >= 0.6 is 0 Å². The first-order valence-corrected chi connectivity index (χ1v) is 8.97. The maximum atomic E-state index is 6.22. The third-order valence-corrected chi connectivity index (χ3v) is 5.79. The largest absolute Gasteiger partial charge is 0.456 e. The van der Waals surface area contributed by atoms with Crippen LogP contribution in [0.3, 0.4) is 0 Å². The SMILES string of the molecule is CC1(C)c2ccccc2[NH2+]C2=Cc3oc4c(c3C=CC21)CC=CC=C4. The van der Waals surface area contributed by atoms with Gasteiger partial charge in [0.2, 0.25) is 0 Å². The molecule has 2 aliphatic carbocycles. The van der Waals surface area contributed by atoms with Crippen molar-refractivity contribution in [1.29, 1.82) is 0 Å². The summed E-state index contributed by atoms with van der Waals surface area (Å²) < 4.78 is 6.22. The molecule has 3 aliphatic rings. The van der Waals surface area contributed by atoms with Crippen LogP contribution in [0, 0.1) is 5.92 Å². The molecule has 25 heavy (non-hydrogen) atoms. The van der Waals surface area contributed by atoms with Gasteiger partial charge in [0.1, 0.15) is 22.9 Å². The van der Waals surface area contributed by atoms with Crippen LogP contribution in [-0.4, -0.2) is 0 Å². The predicted octanol–water partition coefficient (Wildman–Crippen LogP) is 4.58. The second kappa shape index (κ2) is 5.21. The average molecular weight is 328 g/mol. The van der Waals surface area contributed by atoms with Gasteiger partial charge >= 0.3 is 0 Å². The van der Waals surface area contributed by atoms with Gasteiger partial charge in [-0.1, -0.05) is 62.4 Å². The molecule has 1 atom stereocenters. The smallest absolute Gasteiger partial charge is 0.140 e. The van der Waals surface area contributed by atoms with E-state index in [0.717, 1.165) is 17.9 Å². The second-order valence-corrected chi connectivity index (χ2v) is 7.65.